The van der Waals surface area contributed by atoms with Gasteiger partial charge < -0.3 is 5.11 Å². The number of hydrogen-bond donors (Lipinski definition) is 1. The third-order valence-electron chi connectivity index (χ3n) is 3.57. The Morgan fingerprint density at radius 2 is 2.14 bits per heavy atom. The van der Waals surface area contributed by atoms with Gasteiger partial charge in [0.15, 0.2) is 0 Å². The Hall–Kier alpha value is -2.69. The lowest BCUT2D eigenvalue weighted by Gasteiger charge is -2.03. The van der Waals surface area contributed by atoms with Crippen molar-refractivity contribution in [3.63, 3.8) is 0 Å². The number of aromatic nitrogens is 3. The highest BCUT2D eigenvalue weighted by atomic mass is 16.4. The average molecular weight is 281 g/mol. The van der Waals surface area contributed by atoms with Crippen LogP contribution in [0.2, 0.25) is 0 Å². The van der Waals surface area contributed by atoms with Gasteiger partial charge in [0.2, 0.25) is 0 Å². The Labute approximate surface area is 121 Å². The zero-order valence-corrected chi connectivity index (χ0v) is 11.9. The van der Waals surface area contributed by atoms with E-state index >= 15 is 0 Å². The molecule has 0 aliphatic carbocycles. The fraction of sp³-hybridized carbons (Fsp3) is 0.188. The predicted molar refractivity (Wildman–Crippen MR) is 79.5 cm³/mol. The zero-order chi connectivity index (χ0) is 15.0. The van der Waals surface area contributed by atoms with Gasteiger partial charge in [-0.3, -0.25) is 9.67 Å². The van der Waals surface area contributed by atoms with Crippen LogP contribution in [0.4, 0.5) is 0 Å². The smallest absolute Gasteiger partial charge is 0.336 e. The summed E-state index contributed by atoms with van der Waals surface area (Å²) in [5.74, 6) is -0.941. The maximum absolute atomic E-state index is 11.3. The summed E-state index contributed by atoms with van der Waals surface area (Å²) in [6.07, 6.45) is 3.55. The second-order valence-electron chi connectivity index (χ2n) is 5.11. The molecule has 0 atom stereocenters. The van der Waals surface area contributed by atoms with Crippen LogP contribution in [0.15, 0.2) is 36.7 Å². The van der Waals surface area contributed by atoms with Gasteiger partial charge in [-0.05, 0) is 30.7 Å². The quantitative estimate of drug-likeness (QED) is 0.801. The van der Waals surface area contributed by atoms with Gasteiger partial charge in [-0.2, -0.15) is 5.10 Å². The summed E-state index contributed by atoms with van der Waals surface area (Å²) in [6, 6.07) is 7.67. The lowest BCUT2D eigenvalue weighted by Crippen LogP contribution is -2.04. The molecule has 0 saturated carbocycles. The van der Waals surface area contributed by atoms with Crippen LogP contribution in [0.1, 0.15) is 27.2 Å². The van der Waals surface area contributed by atoms with E-state index in [0.717, 1.165) is 22.2 Å². The minimum Gasteiger partial charge on any atom is -0.478 e. The molecule has 3 rings (SSSR count). The van der Waals surface area contributed by atoms with Crippen LogP contribution in [-0.4, -0.2) is 25.8 Å². The molecule has 0 aliphatic rings. The number of carbonyl (C=O) groups is 1. The first-order chi connectivity index (χ1) is 10.1. The van der Waals surface area contributed by atoms with Gasteiger partial charge in [0.25, 0.3) is 0 Å². The second-order valence-corrected chi connectivity index (χ2v) is 5.11. The fourth-order valence-electron chi connectivity index (χ4n) is 2.54. The highest BCUT2D eigenvalue weighted by Crippen LogP contribution is 2.22. The minimum absolute atomic E-state index is 0.274. The number of hydrogen-bond acceptors (Lipinski definition) is 3. The van der Waals surface area contributed by atoms with Crippen molar-refractivity contribution in [2.24, 2.45) is 7.05 Å². The third-order valence-corrected chi connectivity index (χ3v) is 3.57. The van der Waals surface area contributed by atoms with Crippen LogP contribution in [0.5, 0.6) is 0 Å². The summed E-state index contributed by atoms with van der Waals surface area (Å²) in [5, 5.41) is 14.8. The highest BCUT2D eigenvalue weighted by molar-refractivity contribution is 5.90. The summed E-state index contributed by atoms with van der Waals surface area (Å²) in [4.78, 5) is 15.3. The monoisotopic (exact) mass is 281 g/mol. The van der Waals surface area contributed by atoms with Crippen molar-refractivity contribution < 1.29 is 9.90 Å². The Morgan fingerprint density at radius 3 is 2.90 bits per heavy atom. The number of pyridine rings is 1. The van der Waals surface area contributed by atoms with Crippen molar-refractivity contribution in [1.29, 1.82) is 0 Å². The lowest BCUT2D eigenvalue weighted by molar-refractivity contribution is 0.0695. The van der Waals surface area contributed by atoms with Crippen molar-refractivity contribution in [1.82, 2.24) is 14.8 Å². The number of aryl methyl sites for hydroxylation is 2. The van der Waals surface area contributed by atoms with Crippen molar-refractivity contribution in [3.8, 4) is 0 Å². The van der Waals surface area contributed by atoms with E-state index in [1.807, 2.05) is 30.8 Å². The van der Waals surface area contributed by atoms with E-state index in [9.17, 15) is 9.90 Å². The molecule has 5 nitrogen and oxygen atoms in total. The van der Waals surface area contributed by atoms with Gasteiger partial charge in [-0.25, -0.2) is 4.79 Å². The Kier molecular flexibility index (Phi) is 3.17. The van der Waals surface area contributed by atoms with E-state index in [1.165, 1.54) is 12.3 Å². The molecule has 5 heteroatoms. The van der Waals surface area contributed by atoms with E-state index in [2.05, 4.69) is 16.1 Å². The number of rotatable bonds is 3. The standard InChI is InChI=1S/C16H15N3O2/c1-10-3-4-15-13(7-10)14(18-19(15)2)8-11-9-17-6-5-12(11)16(20)21/h3-7,9H,8H2,1-2H3,(H,20,21). The van der Waals surface area contributed by atoms with Crippen molar-refractivity contribution in [3.05, 3.63) is 59.0 Å². The van der Waals surface area contributed by atoms with Gasteiger partial charge in [0.05, 0.1) is 16.8 Å². The SMILES string of the molecule is Cc1ccc2c(c1)c(Cc1cnccc1C(=O)O)nn2C. The molecule has 0 radical (unpaired) electrons. The third kappa shape index (κ3) is 2.38. The number of carboxylic acid groups (broad SMARTS) is 1. The largest absolute Gasteiger partial charge is 0.478 e. The normalized spacial score (nSPS) is 11.0. The van der Waals surface area contributed by atoms with Gasteiger partial charge >= 0.3 is 5.97 Å². The van der Waals surface area contributed by atoms with E-state index in [0.29, 0.717) is 12.0 Å². The summed E-state index contributed by atoms with van der Waals surface area (Å²) in [7, 11) is 1.89. The maximum Gasteiger partial charge on any atom is 0.336 e. The first-order valence-corrected chi connectivity index (χ1v) is 6.64. The maximum atomic E-state index is 11.3. The van der Waals surface area contributed by atoms with Crippen LogP contribution in [-0.2, 0) is 13.5 Å². The zero-order valence-electron chi connectivity index (χ0n) is 11.9. The Morgan fingerprint density at radius 1 is 1.33 bits per heavy atom. The molecule has 0 bridgehead atoms. The first-order valence-electron chi connectivity index (χ1n) is 6.64. The Bertz CT molecular complexity index is 837. The molecular weight excluding hydrogens is 266 g/mol. The fourth-order valence-corrected chi connectivity index (χ4v) is 2.54. The van der Waals surface area contributed by atoms with Crippen LogP contribution >= 0.6 is 0 Å². The van der Waals surface area contributed by atoms with Gasteiger partial charge in [0.1, 0.15) is 0 Å². The molecule has 1 N–H and O–H groups in total. The summed E-state index contributed by atoms with van der Waals surface area (Å²) < 4.78 is 1.82. The predicted octanol–water partition coefficient (Wildman–Crippen LogP) is 2.57. The molecule has 2 heterocycles. The van der Waals surface area contributed by atoms with E-state index in [-0.39, 0.29) is 5.56 Å². The van der Waals surface area contributed by atoms with Gasteiger partial charge in [-0.15, -0.1) is 0 Å². The van der Waals surface area contributed by atoms with Gasteiger partial charge in [0, 0.05) is 31.2 Å². The first kappa shape index (κ1) is 13.3. The Balaban J connectivity index is 2.11. The molecule has 1 aromatic carbocycles. The van der Waals surface area contributed by atoms with Crippen LogP contribution in [0.3, 0.4) is 0 Å². The van der Waals surface area contributed by atoms with Crippen LogP contribution in [0, 0.1) is 6.92 Å². The number of fused-ring (bicyclic) bond motifs is 1. The molecule has 21 heavy (non-hydrogen) atoms. The van der Waals surface area contributed by atoms with E-state index in [1.54, 1.807) is 6.20 Å². The summed E-state index contributed by atoms with van der Waals surface area (Å²) >= 11 is 0. The van der Waals surface area contributed by atoms with Crippen LogP contribution < -0.4 is 0 Å². The summed E-state index contributed by atoms with van der Waals surface area (Å²) in [5.41, 5.74) is 4.01. The van der Waals surface area contributed by atoms with Gasteiger partial charge in [-0.1, -0.05) is 11.6 Å². The number of benzene rings is 1. The second kappa shape index (κ2) is 5.01. The van der Waals surface area contributed by atoms with E-state index < -0.39 is 5.97 Å². The molecule has 0 amide bonds. The summed E-state index contributed by atoms with van der Waals surface area (Å²) in [6.45, 7) is 2.03. The van der Waals surface area contributed by atoms with Crippen molar-refractivity contribution >= 4 is 16.9 Å². The lowest BCUT2D eigenvalue weighted by atomic mass is 10.0. The molecule has 0 saturated heterocycles. The average Bonchev–Trinajstić information content (AvgIpc) is 2.75. The van der Waals surface area contributed by atoms with Crippen LogP contribution in [0.25, 0.3) is 10.9 Å². The molecule has 0 fully saturated rings. The minimum atomic E-state index is -0.941. The number of aromatic carboxylic acids is 1. The molecule has 0 spiro atoms. The molecular formula is C16H15N3O2. The highest BCUT2D eigenvalue weighted by Gasteiger charge is 2.14. The molecule has 0 aliphatic heterocycles. The molecule has 106 valence electrons. The molecule has 3 aromatic rings. The number of carboxylic acids is 1. The molecule has 2 aromatic heterocycles. The number of nitrogens with zero attached hydrogens (tertiary/aromatic N) is 3. The van der Waals surface area contributed by atoms with Crippen molar-refractivity contribution in [2.75, 3.05) is 0 Å². The van der Waals surface area contributed by atoms with Crippen molar-refractivity contribution in [2.45, 2.75) is 13.3 Å². The van der Waals surface area contributed by atoms with E-state index in [4.69, 9.17) is 0 Å². The topological polar surface area (TPSA) is 68.0 Å². The molecule has 0 unspecified atom stereocenters.